The first kappa shape index (κ1) is 29.0. The molecule has 2 aromatic rings. The fourth-order valence-corrected chi connectivity index (χ4v) is 3.29. The molecule has 0 aliphatic carbocycles. The summed E-state index contributed by atoms with van der Waals surface area (Å²) in [5, 5.41) is 25.7. The minimum atomic E-state index is -1.49. The van der Waals surface area contributed by atoms with E-state index < -0.39 is 60.2 Å². The summed E-state index contributed by atoms with van der Waals surface area (Å²) in [4.78, 5) is 74.7. The standard InChI is InChI=1S/C22H32N8O7/c1-11(2)18(23)21(35)30-16(6-13-8-25-10-27-13)20(34)29-15(5-12-7-24-9-26-12)19(33)28-14(22(36)37)3-4-17(31)32/h7-11,14-16,18H,3-6,23H2,1-2H3,(H,24,26)(H,25,27)(H,28,33)(H,29,34)(H,30,35)(H,31,32)(H,36,37). The van der Waals surface area contributed by atoms with Crippen LogP contribution >= 0.6 is 0 Å². The molecule has 15 heteroatoms. The predicted molar refractivity (Wildman–Crippen MR) is 128 cm³/mol. The third kappa shape index (κ3) is 9.36. The predicted octanol–water partition coefficient (Wildman–Crippen LogP) is -1.69. The van der Waals surface area contributed by atoms with Crippen LogP contribution in [0.1, 0.15) is 38.1 Å². The maximum atomic E-state index is 13.3. The van der Waals surface area contributed by atoms with Gasteiger partial charge in [-0.25, -0.2) is 14.8 Å². The lowest BCUT2D eigenvalue weighted by Crippen LogP contribution is -2.58. The zero-order valence-electron chi connectivity index (χ0n) is 20.4. The number of carboxylic acids is 2. The van der Waals surface area contributed by atoms with Gasteiger partial charge < -0.3 is 41.9 Å². The summed E-state index contributed by atoms with van der Waals surface area (Å²) in [5.41, 5.74) is 6.92. The van der Waals surface area contributed by atoms with Crippen LogP contribution in [0.5, 0.6) is 0 Å². The molecule has 0 aliphatic rings. The van der Waals surface area contributed by atoms with Crippen LogP contribution in [0.2, 0.25) is 0 Å². The van der Waals surface area contributed by atoms with Crippen molar-refractivity contribution >= 4 is 29.7 Å². The molecule has 0 bridgehead atoms. The molecular formula is C22H32N8O7. The number of imidazole rings is 2. The highest BCUT2D eigenvalue weighted by molar-refractivity contribution is 5.94. The molecule has 0 aliphatic heterocycles. The molecule has 0 spiro atoms. The molecule has 0 saturated carbocycles. The number of carbonyl (C=O) groups excluding carboxylic acids is 3. The average molecular weight is 521 g/mol. The van der Waals surface area contributed by atoms with Gasteiger partial charge in [0.2, 0.25) is 17.7 Å². The van der Waals surface area contributed by atoms with E-state index in [0.29, 0.717) is 11.4 Å². The number of hydrogen-bond acceptors (Lipinski definition) is 8. The Morgan fingerprint density at radius 2 is 1.30 bits per heavy atom. The average Bonchev–Trinajstić information content (AvgIpc) is 3.54. The number of rotatable bonds is 15. The summed E-state index contributed by atoms with van der Waals surface area (Å²) in [6.07, 6.45) is 4.77. The van der Waals surface area contributed by atoms with Crippen molar-refractivity contribution in [1.29, 1.82) is 0 Å². The Hall–Kier alpha value is -4.27. The molecule has 4 atom stereocenters. The largest absolute Gasteiger partial charge is 0.481 e. The second-order valence-corrected chi connectivity index (χ2v) is 8.79. The van der Waals surface area contributed by atoms with E-state index in [1.54, 1.807) is 13.8 Å². The highest BCUT2D eigenvalue weighted by atomic mass is 16.4. The van der Waals surface area contributed by atoms with Crippen molar-refractivity contribution in [2.75, 3.05) is 0 Å². The van der Waals surface area contributed by atoms with Gasteiger partial charge in [-0.1, -0.05) is 13.8 Å². The Labute approximate surface area is 212 Å². The SMILES string of the molecule is CC(C)C(N)C(=O)NC(Cc1cnc[nH]1)C(=O)NC(Cc1cnc[nH]1)C(=O)NC(CCC(=O)O)C(=O)O. The number of nitrogens with one attached hydrogen (secondary N) is 5. The number of nitrogens with two attached hydrogens (primary N) is 1. The number of aromatic amines is 2. The monoisotopic (exact) mass is 520 g/mol. The molecule has 2 heterocycles. The molecule has 2 aromatic heterocycles. The molecule has 0 fully saturated rings. The van der Waals surface area contributed by atoms with Gasteiger partial charge in [0.05, 0.1) is 18.7 Å². The third-order valence-corrected chi connectivity index (χ3v) is 5.51. The van der Waals surface area contributed by atoms with E-state index in [1.165, 1.54) is 25.0 Å². The van der Waals surface area contributed by atoms with Gasteiger partial charge in [0.15, 0.2) is 0 Å². The molecule has 202 valence electrons. The van der Waals surface area contributed by atoms with E-state index in [9.17, 15) is 29.1 Å². The van der Waals surface area contributed by atoms with Crippen molar-refractivity contribution in [2.45, 2.75) is 63.7 Å². The number of hydrogen-bond donors (Lipinski definition) is 8. The molecule has 0 radical (unpaired) electrons. The minimum absolute atomic E-state index is 0.0111. The maximum absolute atomic E-state index is 13.3. The molecule has 15 nitrogen and oxygen atoms in total. The lowest BCUT2D eigenvalue weighted by atomic mass is 10.0. The van der Waals surface area contributed by atoms with Crippen LogP contribution in [-0.2, 0) is 36.8 Å². The normalized spacial score (nSPS) is 14.3. The lowest BCUT2D eigenvalue weighted by Gasteiger charge is -2.25. The molecule has 9 N–H and O–H groups in total. The molecule has 37 heavy (non-hydrogen) atoms. The molecule has 4 unspecified atom stereocenters. The number of aliphatic carboxylic acids is 2. The highest BCUT2D eigenvalue weighted by Crippen LogP contribution is 2.06. The van der Waals surface area contributed by atoms with Crippen LogP contribution in [0.25, 0.3) is 0 Å². The van der Waals surface area contributed by atoms with Crippen LogP contribution in [0.3, 0.4) is 0 Å². The number of carbonyl (C=O) groups is 5. The van der Waals surface area contributed by atoms with Gasteiger partial charge in [-0.15, -0.1) is 0 Å². The summed E-state index contributed by atoms with van der Waals surface area (Å²) in [5.74, 6) is -4.99. The molecule has 3 amide bonds. The molecular weight excluding hydrogens is 488 g/mol. The van der Waals surface area contributed by atoms with Gasteiger partial charge in [-0.3, -0.25) is 19.2 Å². The van der Waals surface area contributed by atoms with Crippen LogP contribution in [0.4, 0.5) is 0 Å². The number of nitrogens with zero attached hydrogens (tertiary/aromatic N) is 2. The van der Waals surface area contributed by atoms with E-state index >= 15 is 0 Å². The Morgan fingerprint density at radius 1 is 0.838 bits per heavy atom. The van der Waals surface area contributed by atoms with Gasteiger partial charge in [-0.05, 0) is 12.3 Å². The summed E-state index contributed by atoms with van der Waals surface area (Å²) in [6.45, 7) is 3.50. The van der Waals surface area contributed by atoms with Crippen LogP contribution in [-0.4, -0.2) is 84.0 Å². The zero-order valence-corrected chi connectivity index (χ0v) is 20.4. The quantitative estimate of drug-likeness (QED) is 0.132. The van der Waals surface area contributed by atoms with E-state index in [1.807, 2.05) is 0 Å². The maximum Gasteiger partial charge on any atom is 0.326 e. The fourth-order valence-electron chi connectivity index (χ4n) is 3.29. The van der Waals surface area contributed by atoms with Crippen molar-refractivity contribution in [1.82, 2.24) is 35.9 Å². The topological polar surface area (TPSA) is 245 Å². The van der Waals surface area contributed by atoms with Crippen LogP contribution < -0.4 is 21.7 Å². The van der Waals surface area contributed by atoms with E-state index in [-0.39, 0.29) is 25.2 Å². The number of carboxylic acid groups (broad SMARTS) is 2. The summed E-state index contributed by atoms with van der Waals surface area (Å²) in [6, 6.07) is -4.79. The van der Waals surface area contributed by atoms with Crippen LogP contribution in [0.15, 0.2) is 25.0 Å². The molecule has 0 saturated heterocycles. The van der Waals surface area contributed by atoms with Crippen molar-refractivity contribution in [3.8, 4) is 0 Å². The van der Waals surface area contributed by atoms with Gasteiger partial charge in [0.1, 0.15) is 18.1 Å². The first-order valence-corrected chi connectivity index (χ1v) is 11.5. The number of aromatic nitrogens is 4. The van der Waals surface area contributed by atoms with E-state index in [0.717, 1.165) is 0 Å². The second-order valence-electron chi connectivity index (χ2n) is 8.79. The van der Waals surface area contributed by atoms with Crippen molar-refractivity contribution in [3.63, 3.8) is 0 Å². The van der Waals surface area contributed by atoms with Crippen molar-refractivity contribution < 1.29 is 34.2 Å². The molecule has 0 aromatic carbocycles. The van der Waals surface area contributed by atoms with Gasteiger partial charge >= 0.3 is 11.9 Å². The lowest BCUT2D eigenvalue weighted by molar-refractivity contribution is -0.143. The van der Waals surface area contributed by atoms with Crippen LogP contribution in [0, 0.1) is 5.92 Å². The van der Waals surface area contributed by atoms with Gasteiger partial charge in [-0.2, -0.15) is 0 Å². The second kappa shape index (κ2) is 13.7. The van der Waals surface area contributed by atoms with Crippen molar-refractivity contribution in [2.24, 2.45) is 11.7 Å². The first-order valence-electron chi connectivity index (χ1n) is 11.5. The minimum Gasteiger partial charge on any atom is -0.481 e. The first-order chi connectivity index (χ1) is 17.5. The highest BCUT2D eigenvalue weighted by Gasteiger charge is 2.31. The Balaban J connectivity index is 2.23. The van der Waals surface area contributed by atoms with E-state index in [4.69, 9.17) is 10.8 Å². The van der Waals surface area contributed by atoms with Gasteiger partial charge in [0.25, 0.3) is 0 Å². The van der Waals surface area contributed by atoms with E-state index in [2.05, 4.69) is 35.9 Å². The van der Waals surface area contributed by atoms with Crippen molar-refractivity contribution in [3.05, 3.63) is 36.4 Å². The number of amides is 3. The fraction of sp³-hybridized carbons (Fsp3) is 0.500. The zero-order chi connectivity index (χ0) is 27.5. The Morgan fingerprint density at radius 3 is 1.68 bits per heavy atom. The summed E-state index contributed by atoms with van der Waals surface area (Å²) in [7, 11) is 0. The Bertz CT molecular complexity index is 1060. The van der Waals surface area contributed by atoms with Gasteiger partial charge in [0, 0.05) is 43.0 Å². The smallest absolute Gasteiger partial charge is 0.326 e. The summed E-state index contributed by atoms with van der Waals surface area (Å²) >= 11 is 0. The third-order valence-electron chi connectivity index (χ3n) is 5.51. The number of H-pyrrole nitrogens is 2. The molecule has 2 rings (SSSR count). The summed E-state index contributed by atoms with van der Waals surface area (Å²) < 4.78 is 0. The Kier molecular flexibility index (Phi) is 10.7.